The van der Waals surface area contributed by atoms with E-state index >= 15 is 0 Å². The molecule has 7 nitrogen and oxygen atoms in total. The standard InChI is InChI=1S/C8H9N5O2/c1-9-5-4-6(11-3-10-4)13-7(12-5)8(14)15-2/h3H,1-2H3,(H2,9,10,11,12,13). The summed E-state index contributed by atoms with van der Waals surface area (Å²) in [6.45, 7) is 0. The Hall–Kier alpha value is -2.18. The number of aromatic nitrogens is 4. The van der Waals surface area contributed by atoms with E-state index in [0.29, 0.717) is 17.0 Å². The average molecular weight is 207 g/mol. The van der Waals surface area contributed by atoms with Crippen LogP contribution in [0.3, 0.4) is 0 Å². The molecule has 0 radical (unpaired) electrons. The molecule has 0 aliphatic carbocycles. The first-order chi connectivity index (χ1) is 7.26. The van der Waals surface area contributed by atoms with Gasteiger partial charge in [0, 0.05) is 7.05 Å². The predicted molar refractivity (Wildman–Crippen MR) is 52.6 cm³/mol. The first-order valence-electron chi connectivity index (χ1n) is 4.23. The summed E-state index contributed by atoms with van der Waals surface area (Å²) in [5.41, 5.74) is 1.08. The largest absolute Gasteiger partial charge is 0.463 e. The van der Waals surface area contributed by atoms with Gasteiger partial charge < -0.3 is 15.0 Å². The van der Waals surface area contributed by atoms with Crippen molar-refractivity contribution in [1.82, 2.24) is 19.9 Å². The second-order valence-corrected chi connectivity index (χ2v) is 2.74. The lowest BCUT2D eigenvalue weighted by molar-refractivity contribution is 0.0587. The Morgan fingerprint density at radius 3 is 3.00 bits per heavy atom. The number of aromatic amines is 1. The van der Waals surface area contributed by atoms with Crippen LogP contribution in [0.1, 0.15) is 10.6 Å². The quantitative estimate of drug-likeness (QED) is 0.682. The lowest BCUT2D eigenvalue weighted by atomic mass is 10.4. The highest BCUT2D eigenvalue weighted by molar-refractivity contribution is 5.90. The van der Waals surface area contributed by atoms with Crippen molar-refractivity contribution in [3.05, 3.63) is 12.2 Å². The van der Waals surface area contributed by atoms with E-state index in [2.05, 4.69) is 30.0 Å². The molecular weight excluding hydrogens is 198 g/mol. The molecule has 2 heterocycles. The molecule has 0 bridgehead atoms. The van der Waals surface area contributed by atoms with Crippen LogP contribution in [0.4, 0.5) is 5.82 Å². The molecule has 0 fully saturated rings. The van der Waals surface area contributed by atoms with Crippen LogP contribution in [0.25, 0.3) is 11.2 Å². The zero-order valence-corrected chi connectivity index (χ0v) is 8.24. The molecule has 0 aliphatic rings. The van der Waals surface area contributed by atoms with Crippen LogP contribution in [0.15, 0.2) is 6.33 Å². The summed E-state index contributed by atoms with van der Waals surface area (Å²) in [5, 5.41) is 2.85. The molecule has 2 rings (SSSR count). The second kappa shape index (κ2) is 3.52. The van der Waals surface area contributed by atoms with Gasteiger partial charge in [-0.1, -0.05) is 0 Å². The van der Waals surface area contributed by atoms with E-state index < -0.39 is 5.97 Å². The van der Waals surface area contributed by atoms with Gasteiger partial charge in [-0.25, -0.2) is 19.7 Å². The minimum atomic E-state index is -0.587. The minimum Gasteiger partial charge on any atom is -0.463 e. The smallest absolute Gasteiger partial charge is 0.376 e. The van der Waals surface area contributed by atoms with Crippen molar-refractivity contribution in [3.63, 3.8) is 0 Å². The molecule has 2 N–H and O–H groups in total. The number of esters is 1. The fourth-order valence-corrected chi connectivity index (χ4v) is 1.20. The third kappa shape index (κ3) is 1.47. The third-order valence-electron chi connectivity index (χ3n) is 1.89. The van der Waals surface area contributed by atoms with Crippen molar-refractivity contribution in [2.45, 2.75) is 0 Å². The maximum Gasteiger partial charge on any atom is 0.376 e. The number of hydrogen-bond donors (Lipinski definition) is 2. The molecular formula is C8H9N5O2. The summed E-state index contributed by atoms with van der Waals surface area (Å²) in [6, 6.07) is 0. The molecule has 0 aromatic carbocycles. The van der Waals surface area contributed by atoms with Crippen LogP contribution >= 0.6 is 0 Å². The molecule has 2 aromatic heterocycles. The Morgan fingerprint density at radius 2 is 2.33 bits per heavy atom. The molecule has 0 amide bonds. The first kappa shape index (κ1) is 9.38. The number of methoxy groups -OCH3 is 1. The van der Waals surface area contributed by atoms with E-state index in [-0.39, 0.29) is 5.82 Å². The van der Waals surface area contributed by atoms with Gasteiger partial charge in [0.1, 0.15) is 5.52 Å². The van der Waals surface area contributed by atoms with Crippen molar-refractivity contribution in [1.29, 1.82) is 0 Å². The number of carbonyl (C=O) groups is 1. The van der Waals surface area contributed by atoms with Crippen molar-refractivity contribution in [2.75, 3.05) is 19.5 Å². The van der Waals surface area contributed by atoms with E-state index in [9.17, 15) is 4.79 Å². The number of nitrogens with one attached hydrogen (secondary N) is 2. The highest BCUT2D eigenvalue weighted by Crippen LogP contribution is 2.15. The Bertz CT molecular complexity index is 507. The Morgan fingerprint density at radius 1 is 1.53 bits per heavy atom. The van der Waals surface area contributed by atoms with Gasteiger partial charge in [-0.05, 0) is 0 Å². The molecule has 0 unspecified atom stereocenters. The molecule has 2 aromatic rings. The summed E-state index contributed by atoms with van der Waals surface area (Å²) >= 11 is 0. The van der Waals surface area contributed by atoms with E-state index in [1.165, 1.54) is 13.4 Å². The van der Waals surface area contributed by atoms with Gasteiger partial charge in [-0.2, -0.15) is 0 Å². The maximum absolute atomic E-state index is 11.2. The summed E-state index contributed by atoms with van der Waals surface area (Å²) in [7, 11) is 2.98. The van der Waals surface area contributed by atoms with E-state index in [4.69, 9.17) is 0 Å². The van der Waals surface area contributed by atoms with Crippen LogP contribution in [-0.2, 0) is 4.74 Å². The van der Waals surface area contributed by atoms with Crippen LogP contribution in [0.2, 0.25) is 0 Å². The number of carbonyl (C=O) groups excluding carboxylic acids is 1. The minimum absolute atomic E-state index is 0.0125. The Balaban J connectivity index is 2.63. The molecule has 0 aliphatic heterocycles. The zero-order chi connectivity index (χ0) is 10.8. The van der Waals surface area contributed by atoms with Gasteiger partial charge in [0.2, 0.25) is 5.82 Å². The monoisotopic (exact) mass is 207 g/mol. The lowest BCUT2D eigenvalue weighted by Gasteiger charge is -2.02. The molecule has 15 heavy (non-hydrogen) atoms. The number of nitrogens with zero attached hydrogens (tertiary/aromatic N) is 3. The van der Waals surface area contributed by atoms with Gasteiger partial charge in [0.15, 0.2) is 11.5 Å². The summed E-state index contributed by atoms with van der Waals surface area (Å²) in [5.74, 6) is -0.0873. The Kier molecular flexibility index (Phi) is 2.20. The van der Waals surface area contributed by atoms with Gasteiger partial charge in [0.25, 0.3) is 0 Å². The predicted octanol–water partition coefficient (Wildman–Crippen LogP) is 0.181. The van der Waals surface area contributed by atoms with Crippen LogP contribution in [0, 0.1) is 0 Å². The van der Waals surface area contributed by atoms with Crippen molar-refractivity contribution < 1.29 is 9.53 Å². The van der Waals surface area contributed by atoms with E-state index in [1.54, 1.807) is 7.05 Å². The summed E-state index contributed by atoms with van der Waals surface area (Å²) < 4.78 is 4.53. The number of anilines is 1. The summed E-state index contributed by atoms with van der Waals surface area (Å²) in [4.78, 5) is 26.0. The molecule has 0 saturated heterocycles. The Labute approximate surface area is 84.9 Å². The first-order valence-corrected chi connectivity index (χ1v) is 4.23. The molecule has 0 spiro atoms. The van der Waals surface area contributed by atoms with Gasteiger partial charge >= 0.3 is 5.97 Å². The van der Waals surface area contributed by atoms with Gasteiger partial charge in [-0.15, -0.1) is 0 Å². The van der Waals surface area contributed by atoms with Gasteiger partial charge in [0.05, 0.1) is 13.4 Å². The highest BCUT2D eigenvalue weighted by atomic mass is 16.5. The summed E-state index contributed by atoms with van der Waals surface area (Å²) in [6.07, 6.45) is 1.49. The zero-order valence-electron chi connectivity index (χ0n) is 8.24. The fraction of sp³-hybridized carbons (Fsp3) is 0.250. The third-order valence-corrected chi connectivity index (χ3v) is 1.89. The number of imidazole rings is 1. The molecule has 0 atom stereocenters. The molecule has 78 valence electrons. The SMILES string of the molecule is CNc1nc(C(=O)OC)nc2nc[nH]c12. The van der Waals surface area contributed by atoms with E-state index in [1.807, 2.05) is 0 Å². The fourth-order valence-electron chi connectivity index (χ4n) is 1.20. The van der Waals surface area contributed by atoms with Crippen molar-refractivity contribution in [2.24, 2.45) is 0 Å². The van der Waals surface area contributed by atoms with Gasteiger partial charge in [-0.3, -0.25) is 0 Å². The second-order valence-electron chi connectivity index (χ2n) is 2.74. The topological polar surface area (TPSA) is 92.8 Å². The van der Waals surface area contributed by atoms with Crippen LogP contribution in [-0.4, -0.2) is 40.1 Å². The number of rotatable bonds is 2. The molecule has 7 heteroatoms. The van der Waals surface area contributed by atoms with Crippen molar-refractivity contribution in [3.8, 4) is 0 Å². The van der Waals surface area contributed by atoms with Crippen LogP contribution < -0.4 is 5.32 Å². The number of fused-ring (bicyclic) bond motifs is 1. The lowest BCUT2D eigenvalue weighted by Crippen LogP contribution is -2.09. The molecule has 0 saturated carbocycles. The number of hydrogen-bond acceptors (Lipinski definition) is 6. The highest BCUT2D eigenvalue weighted by Gasteiger charge is 2.14. The van der Waals surface area contributed by atoms with E-state index in [0.717, 1.165) is 0 Å². The number of H-pyrrole nitrogens is 1. The normalized spacial score (nSPS) is 10.3. The number of ether oxygens (including phenoxy) is 1. The average Bonchev–Trinajstić information content (AvgIpc) is 2.74. The van der Waals surface area contributed by atoms with Crippen LogP contribution in [0.5, 0.6) is 0 Å². The maximum atomic E-state index is 11.2. The van der Waals surface area contributed by atoms with Crippen molar-refractivity contribution >= 4 is 23.0 Å².